The Labute approximate surface area is 111 Å². The number of nitrogens with one attached hydrogen (secondary N) is 2. The first-order chi connectivity index (χ1) is 8.76. The first-order valence-electron chi connectivity index (χ1n) is 5.91. The minimum absolute atomic E-state index is 0.639. The van der Waals surface area contributed by atoms with E-state index in [2.05, 4.69) is 36.6 Å². The molecule has 0 saturated heterocycles. The fourth-order valence-corrected chi connectivity index (χ4v) is 2.14. The number of H-pyrrole nitrogens is 1. The van der Waals surface area contributed by atoms with Crippen LogP contribution < -0.4 is 10.2 Å². The van der Waals surface area contributed by atoms with E-state index < -0.39 is 0 Å². The molecular weight excluding hydrogens is 248 g/mol. The molecule has 2 rings (SSSR count). The number of thioether (sulfide) groups is 1. The molecule has 2 heterocycles. The Morgan fingerprint density at radius 2 is 2.28 bits per heavy atom. The molecule has 6 nitrogen and oxygen atoms in total. The summed E-state index contributed by atoms with van der Waals surface area (Å²) in [5.74, 6) is 2.62. The Morgan fingerprint density at radius 1 is 1.44 bits per heavy atom. The average Bonchev–Trinajstić information content (AvgIpc) is 2.83. The topological polar surface area (TPSA) is 69.7 Å². The molecule has 0 atom stereocenters. The molecule has 0 spiro atoms. The van der Waals surface area contributed by atoms with Crippen LogP contribution in [-0.4, -0.2) is 52.3 Å². The molecule has 0 saturated carbocycles. The third kappa shape index (κ3) is 2.66. The van der Waals surface area contributed by atoms with Gasteiger partial charge in [0.15, 0.2) is 5.65 Å². The molecule has 0 aromatic carbocycles. The lowest BCUT2D eigenvalue weighted by Gasteiger charge is -2.18. The van der Waals surface area contributed by atoms with Gasteiger partial charge in [-0.05, 0) is 13.2 Å². The predicted octanol–water partition coefficient (Wildman–Crippen LogP) is 1.58. The van der Waals surface area contributed by atoms with Crippen molar-refractivity contribution in [2.45, 2.75) is 6.92 Å². The van der Waals surface area contributed by atoms with E-state index >= 15 is 0 Å². The largest absolute Gasteiger partial charge is 0.358 e. The molecule has 0 radical (unpaired) electrons. The second-order valence-electron chi connectivity index (χ2n) is 3.95. The van der Waals surface area contributed by atoms with Gasteiger partial charge in [-0.15, -0.1) is 0 Å². The molecule has 0 bridgehead atoms. The van der Waals surface area contributed by atoms with Crippen molar-refractivity contribution in [2.75, 3.05) is 42.4 Å². The Morgan fingerprint density at radius 3 is 3.00 bits per heavy atom. The fourth-order valence-electron chi connectivity index (χ4n) is 1.68. The number of fused-ring (bicyclic) bond motifs is 1. The van der Waals surface area contributed by atoms with Gasteiger partial charge >= 0.3 is 0 Å². The number of hydrogen-bond acceptors (Lipinski definition) is 6. The van der Waals surface area contributed by atoms with Crippen LogP contribution in [0.5, 0.6) is 0 Å². The van der Waals surface area contributed by atoms with Crippen LogP contribution in [0.2, 0.25) is 0 Å². The van der Waals surface area contributed by atoms with Gasteiger partial charge in [-0.3, -0.25) is 5.10 Å². The molecule has 0 aliphatic carbocycles. The number of nitrogens with zero attached hydrogens (tertiary/aromatic N) is 4. The molecule has 7 heteroatoms. The van der Waals surface area contributed by atoms with Crippen molar-refractivity contribution in [1.29, 1.82) is 0 Å². The third-order valence-corrected chi connectivity index (χ3v) is 3.21. The molecular formula is C11H18N6S. The van der Waals surface area contributed by atoms with Gasteiger partial charge in [0, 0.05) is 25.9 Å². The number of rotatable bonds is 6. The van der Waals surface area contributed by atoms with E-state index in [4.69, 9.17) is 0 Å². The summed E-state index contributed by atoms with van der Waals surface area (Å²) in [6.07, 6.45) is 3.88. The fraction of sp³-hybridized carbons (Fsp3) is 0.545. The monoisotopic (exact) mass is 266 g/mol. The van der Waals surface area contributed by atoms with Crippen LogP contribution >= 0.6 is 11.8 Å². The second-order valence-corrected chi connectivity index (χ2v) is 4.93. The van der Waals surface area contributed by atoms with E-state index in [9.17, 15) is 0 Å². The lowest BCUT2D eigenvalue weighted by Crippen LogP contribution is -2.22. The van der Waals surface area contributed by atoms with E-state index in [-0.39, 0.29) is 0 Å². The molecule has 0 aliphatic heterocycles. The smallest absolute Gasteiger partial charge is 0.226 e. The lowest BCUT2D eigenvalue weighted by molar-refractivity contribution is 0.945. The van der Waals surface area contributed by atoms with Crippen molar-refractivity contribution in [1.82, 2.24) is 20.2 Å². The van der Waals surface area contributed by atoms with E-state index in [1.807, 2.05) is 25.7 Å². The van der Waals surface area contributed by atoms with E-state index in [0.717, 1.165) is 35.7 Å². The summed E-state index contributed by atoms with van der Waals surface area (Å²) >= 11 is 1.82. The standard InChI is InChI=1S/C11H18N6S/c1-4-12-11-14-9-8(7-13-16-9)10(15-11)17(2)5-6-18-3/h7H,4-6H2,1-3H3,(H2,12,13,14,15,16). The van der Waals surface area contributed by atoms with Crippen LogP contribution in [0.25, 0.3) is 11.0 Å². The van der Waals surface area contributed by atoms with Gasteiger partial charge in [0.25, 0.3) is 0 Å². The Kier molecular flexibility index (Phi) is 4.24. The zero-order valence-electron chi connectivity index (χ0n) is 10.9. The Balaban J connectivity index is 2.36. The highest BCUT2D eigenvalue weighted by Crippen LogP contribution is 2.22. The van der Waals surface area contributed by atoms with Crippen LogP contribution in [-0.2, 0) is 0 Å². The first kappa shape index (κ1) is 12.9. The summed E-state index contributed by atoms with van der Waals surface area (Å²) in [5, 5.41) is 11.0. The van der Waals surface area contributed by atoms with Crippen molar-refractivity contribution in [3.05, 3.63) is 6.20 Å². The molecule has 2 aromatic rings. The van der Waals surface area contributed by atoms with Crippen LogP contribution in [0, 0.1) is 0 Å². The van der Waals surface area contributed by atoms with E-state index in [1.54, 1.807) is 6.20 Å². The maximum atomic E-state index is 4.55. The normalized spacial score (nSPS) is 10.8. The first-order valence-corrected chi connectivity index (χ1v) is 7.30. The van der Waals surface area contributed by atoms with Crippen molar-refractivity contribution >= 4 is 34.6 Å². The van der Waals surface area contributed by atoms with Gasteiger partial charge in [-0.25, -0.2) is 0 Å². The van der Waals surface area contributed by atoms with Gasteiger partial charge in [-0.1, -0.05) is 0 Å². The molecule has 0 aliphatic rings. The second kappa shape index (κ2) is 5.90. The Hall–Kier alpha value is -1.50. The summed E-state index contributed by atoms with van der Waals surface area (Å²) in [6.45, 7) is 3.77. The van der Waals surface area contributed by atoms with Crippen LogP contribution in [0.15, 0.2) is 6.20 Å². The maximum absolute atomic E-state index is 4.55. The average molecular weight is 266 g/mol. The molecule has 0 fully saturated rings. The minimum Gasteiger partial charge on any atom is -0.358 e. The summed E-state index contributed by atoms with van der Waals surface area (Å²) in [6, 6.07) is 0. The summed E-state index contributed by atoms with van der Waals surface area (Å²) in [5.41, 5.74) is 0.770. The zero-order valence-corrected chi connectivity index (χ0v) is 11.7. The van der Waals surface area contributed by atoms with Gasteiger partial charge in [0.2, 0.25) is 5.95 Å². The molecule has 2 aromatic heterocycles. The summed E-state index contributed by atoms with van der Waals surface area (Å²) in [4.78, 5) is 11.1. The Bertz CT molecular complexity index is 511. The van der Waals surface area contributed by atoms with Crippen LogP contribution in [0.3, 0.4) is 0 Å². The predicted molar refractivity (Wildman–Crippen MR) is 77.5 cm³/mol. The summed E-state index contributed by atoms with van der Waals surface area (Å²) in [7, 11) is 2.04. The van der Waals surface area contributed by atoms with Crippen molar-refractivity contribution < 1.29 is 0 Å². The third-order valence-electron chi connectivity index (χ3n) is 2.62. The van der Waals surface area contributed by atoms with Crippen molar-refractivity contribution in [2.24, 2.45) is 0 Å². The van der Waals surface area contributed by atoms with Gasteiger partial charge in [0.05, 0.1) is 11.6 Å². The van der Waals surface area contributed by atoms with Gasteiger partial charge in [-0.2, -0.15) is 26.8 Å². The quantitative estimate of drug-likeness (QED) is 0.827. The van der Waals surface area contributed by atoms with Gasteiger partial charge < -0.3 is 10.2 Å². The summed E-state index contributed by atoms with van der Waals surface area (Å²) < 4.78 is 0. The van der Waals surface area contributed by atoms with Gasteiger partial charge in [0.1, 0.15) is 5.82 Å². The minimum atomic E-state index is 0.639. The molecule has 0 amide bonds. The van der Waals surface area contributed by atoms with Crippen molar-refractivity contribution in [3.8, 4) is 0 Å². The highest BCUT2D eigenvalue weighted by Gasteiger charge is 2.12. The molecule has 18 heavy (non-hydrogen) atoms. The molecule has 98 valence electrons. The number of aromatic amines is 1. The van der Waals surface area contributed by atoms with Crippen molar-refractivity contribution in [3.63, 3.8) is 0 Å². The maximum Gasteiger partial charge on any atom is 0.226 e. The highest BCUT2D eigenvalue weighted by atomic mass is 32.2. The van der Waals surface area contributed by atoms with Crippen LogP contribution in [0.1, 0.15) is 6.92 Å². The number of aromatic nitrogens is 4. The number of anilines is 2. The lowest BCUT2D eigenvalue weighted by atomic mass is 10.3. The SMILES string of the molecule is CCNc1nc(N(C)CCSC)c2cn[nH]c2n1. The van der Waals surface area contributed by atoms with E-state index in [0.29, 0.717) is 5.95 Å². The van der Waals surface area contributed by atoms with Crippen LogP contribution in [0.4, 0.5) is 11.8 Å². The molecule has 0 unspecified atom stereocenters. The number of hydrogen-bond donors (Lipinski definition) is 2. The highest BCUT2D eigenvalue weighted by molar-refractivity contribution is 7.98. The van der Waals surface area contributed by atoms with E-state index in [1.165, 1.54) is 0 Å². The molecule has 2 N–H and O–H groups in total. The zero-order chi connectivity index (χ0) is 13.0.